The molecule has 0 saturated carbocycles. The predicted molar refractivity (Wildman–Crippen MR) is 163 cm³/mol. The molecule has 0 aliphatic carbocycles. The number of aromatic nitrogens is 4. The summed E-state index contributed by atoms with van der Waals surface area (Å²) in [7, 11) is 0. The molecule has 4 aliphatic heterocycles. The van der Waals surface area contributed by atoms with Crippen LogP contribution >= 0.6 is 0 Å². The maximum absolute atomic E-state index is 12.9. The Labute approximate surface area is 262 Å². The average Bonchev–Trinajstić information content (AvgIpc) is 3.80. The van der Waals surface area contributed by atoms with Crippen LogP contribution in [0.25, 0.3) is 11.2 Å². The topological polar surface area (TPSA) is 133 Å². The van der Waals surface area contributed by atoms with Gasteiger partial charge in [0.2, 0.25) is 0 Å². The summed E-state index contributed by atoms with van der Waals surface area (Å²) in [6, 6.07) is 8.95. The van der Waals surface area contributed by atoms with E-state index in [0.717, 1.165) is 25.8 Å². The second kappa shape index (κ2) is 11.0. The van der Waals surface area contributed by atoms with Crippen LogP contribution in [-0.4, -0.2) is 103 Å². The van der Waals surface area contributed by atoms with Crippen molar-refractivity contribution < 1.29 is 28.5 Å². The minimum atomic E-state index is -0.792. The van der Waals surface area contributed by atoms with E-state index >= 15 is 0 Å². The molecule has 1 unspecified atom stereocenters. The Kier molecular flexibility index (Phi) is 7.34. The summed E-state index contributed by atoms with van der Waals surface area (Å²) in [6.45, 7) is 12.4. The third-order valence-electron chi connectivity index (χ3n) is 9.15. The van der Waals surface area contributed by atoms with Gasteiger partial charge in [0.1, 0.15) is 30.2 Å². The van der Waals surface area contributed by atoms with Crippen molar-refractivity contribution in [2.75, 3.05) is 31.5 Å². The van der Waals surface area contributed by atoms with Crippen molar-refractivity contribution in [3.63, 3.8) is 0 Å². The number of nitrogens with one attached hydrogen (secondary N) is 1. The van der Waals surface area contributed by atoms with Gasteiger partial charge in [-0.15, -0.1) is 0 Å². The number of nitrogens with zero attached hydrogens (tertiary/aromatic N) is 6. The fraction of sp³-hybridized carbons (Fsp3) is 0.594. The van der Waals surface area contributed by atoms with Crippen molar-refractivity contribution in [1.82, 2.24) is 29.3 Å². The van der Waals surface area contributed by atoms with Crippen molar-refractivity contribution >= 4 is 29.0 Å². The highest BCUT2D eigenvalue weighted by Gasteiger charge is 2.58. The molecule has 45 heavy (non-hydrogen) atoms. The van der Waals surface area contributed by atoms with E-state index in [1.54, 1.807) is 18.5 Å². The van der Waals surface area contributed by atoms with Gasteiger partial charge in [0, 0.05) is 30.7 Å². The number of ether oxygens (including phenoxy) is 4. The van der Waals surface area contributed by atoms with Gasteiger partial charge in [0.05, 0.1) is 6.33 Å². The van der Waals surface area contributed by atoms with E-state index < -0.39 is 23.7 Å². The largest absolute Gasteiger partial charge is 0.444 e. The molecule has 6 heterocycles. The average molecular weight is 620 g/mol. The molecule has 1 aromatic carbocycles. The number of imidazole rings is 1. The Morgan fingerprint density at radius 3 is 2.60 bits per heavy atom. The molecule has 13 heteroatoms. The Hall–Kier alpha value is -3.65. The van der Waals surface area contributed by atoms with Crippen molar-refractivity contribution in [2.45, 2.75) is 95.3 Å². The van der Waals surface area contributed by atoms with Gasteiger partial charge in [-0.2, -0.15) is 0 Å². The molecule has 2 amide bonds. The number of carbonyl (C=O) groups is 2. The lowest BCUT2D eigenvalue weighted by atomic mass is 9.94. The zero-order chi connectivity index (χ0) is 31.6. The van der Waals surface area contributed by atoms with E-state index in [1.165, 1.54) is 6.33 Å². The molecule has 4 aliphatic rings. The molecule has 1 spiro atoms. The minimum Gasteiger partial charge on any atom is -0.444 e. The third kappa shape index (κ3) is 5.66. The maximum atomic E-state index is 12.9. The van der Waals surface area contributed by atoms with E-state index in [0.29, 0.717) is 42.2 Å². The summed E-state index contributed by atoms with van der Waals surface area (Å²) in [6.07, 6.45) is 4.20. The van der Waals surface area contributed by atoms with Crippen molar-refractivity contribution in [1.29, 1.82) is 0 Å². The third-order valence-corrected chi connectivity index (χ3v) is 9.15. The summed E-state index contributed by atoms with van der Waals surface area (Å²) in [4.78, 5) is 43.5. The summed E-state index contributed by atoms with van der Waals surface area (Å²) >= 11 is 0. The summed E-state index contributed by atoms with van der Waals surface area (Å²) in [5.41, 5.74) is 0.836. The number of carbonyl (C=O) groups excluding carboxylic acids is 2. The van der Waals surface area contributed by atoms with Crippen LogP contribution in [0.4, 0.5) is 10.6 Å². The van der Waals surface area contributed by atoms with Gasteiger partial charge in [0.15, 0.2) is 29.0 Å². The van der Waals surface area contributed by atoms with Crippen molar-refractivity contribution in [2.24, 2.45) is 0 Å². The van der Waals surface area contributed by atoms with Crippen LogP contribution in [0.1, 0.15) is 70.5 Å². The lowest BCUT2D eigenvalue weighted by Gasteiger charge is -2.37. The van der Waals surface area contributed by atoms with Crippen LogP contribution in [0.2, 0.25) is 0 Å². The van der Waals surface area contributed by atoms with Gasteiger partial charge < -0.3 is 29.2 Å². The lowest BCUT2D eigenvalue weighted by Crippen LogP contribution is -2.51. The Morgan fingerprint density at radius 2 is 1.82 bits per heavy atom. The molecule has 1 N–H and O–H groups in total. The first-order chi connectivity index (χ1) is 21.4. The molecule has 0 bridgehead atoms. The Bertz CT molecular complexity index is 1590. The molecule has 3 aromatic rings. The quantitative estimate of drug-likeness (QED) is 0.447. The van der Waals surface area contributed by atoms with Gasteiger partial charge in [-0.05, 0) is 72.6 Å². The molecule has 7 rings (SSSR count). The van der Waals surface area contributed by atoms with Gasteiger partial charge in [-0.1, -0.05) is 18.2 Å². The first kappa shape index (κ1) is 30.0. The number of rotatable bonds is 5. The highest BCUT2D eigenvalue weighted by molar-refractivity contribution is 6.06. The first-order valence-electron chi connectivity index (χ1n) is 15.7. The maximum Gasteiger partial charge on any atom is 0.410 e. The minimum absolute atomic E-state index is 0.121. The van der Waals surface area contributed by atoms with E-state index in [4.69, 9.17) is 18.9 Å². The lowest BCUT2D eigenvalue weighted by molar-refractivity contribution is -0.198. The zero-order valence-corrected chi connectivity index (χ0v) is 26.4. The fourth-order valence-electron chi connectivity index (χ4n) is 7.23. The molecular formula is C32H41N7O6. The van der Waals surface area contributed by atoms with E-state index in [1.807, 2.05) is 62.3 Å². The first-order valence-corrected chi connectivity index (χ1v) is 15.7. The molecule has 4 fully saturated rings. The summed E-state index contributed by atoms with van der Waals surface area (Å²) < 4.78 is 27.1. The molecule has 4 saturated heterocycles. The van der Waals surface area contributed by atoms with Gasteiger partial charge >= 0.3 is 6.09 Å². The monoisotopic (exact) mass is 619 g/mol. The van der Waals surface area contributed by atoms with Crippen LogP contribution < -0.4 is 5.32 Å². The summed E-state index contributed by atoms with van der Waals surface area (Å²) in [5, 5.41) is 2.87. The van der Waals surface area contributed by atoms with E-state index in [-0.39, 0.29) is 29.7 Å². The van der Waals surface area contributed by atoms with Gasteiger partial charge in [-0.3, -0.25) is 14.3 Å². The van der Waals surface area contributed by atoms with Gasteiger partial charge in [-0.25, -0.2) is 19.7 Å². The normalized spacial score (nSPS) is 29.5. The molecule has 13 nitrogen and oxygen atoms in total. The van der Waals surface area contributed by atoms with Gasteiger partial charge in [0.25, 0.3) is 5.91 Å². The molecule has 240 valence electrons. The SMILES string of the molecule is CC(C)(C)OC(=O)N1CCC2(CCCN2C[C@H]2O[C@@H](n3cnc4c(NC(=O)c5ccccc5)ncnc43)[C@@H]3OC(C)(C)O[C@@H]32)C1. The second-order valence-corrected chi connectivity index (χ2v) is 13.9. The molecular weight excluding hydrogens is 578 g/mol. The second-order valence-electron chi connectivity index (χ2n) is 13.9. The van der Waals surface area contributed by atoms with Crippen LogP contribution in [0.5, 0.6) is 0 Å². The van der Waals surface area contributed by atoms with Crippen LogP contribution in [0, 0.1) is 0 Å². The van der Waals surface area contributed by atoms with Crippen LogP contribution in [0.15, 0.2) is 43.0 Å². The number of hydrogen-bond donors (Lipinski definition) is 1. The smallest absolute Gasteiger partial charge is 0.410 e. The van der Waals surface area contributed by atoms with Crippen LogP contribution in [-0.2, 0) is 18.9 Å². The number of hydrogen-bond acceptors (Lipinski definition) is 10. The standard InChI is InChI=1S/C32H41N7O6/c1-30(2,3)45-29(41)37-15-13-32(17-37)12-9-14-38(32)16-21-23-24(44-31(4,5)43-23)28(42-21)39-19-35-22-25(33-18-34-26(22)39)36-27(40)20-10-7-6-8-11-20/h6-8,10-11,18-19,21,23-24,28H,9,12-17H2,1-5H3,(H,33,34,36,40)/t21-,23-,24-,28-,32?/m1/s1. The predicted octanol–water partition coefficient (Wildman–Crippen LogP) is 3.97. The highest BCUT2D eigenvalue weighted by atomic mass is 16.8. The van der Waals surface area contributed by atoms with E-state index in [9.17, 15) is 9.59 Å². The van der Waals surface area contributed by atoms with Crippen molar-refractivity contribution in [3.8, 4) is 0 Å². The number of benzene rings is 1. The zero-order valence-electron chi connectivity index (χ0n) is 26.4. The molecule has 5 atom stereocenters. The Morgan fingerprint density at radius 1 is 1.04 bits per heavy atom. The Balaban J connectivity index is 1.11. The number of anilines is 1. The summed E-state index contributed by atoms with van der Waals surface area (Å²) in [5.74, 6) is -0.759. The number of amides is 2. The molecule has 0 radical (unpaired) electrons. The highest BCUT2D eigenvalue weighted by Crippen LogP contribution is 2.46. The number of likely N-dealkylation sites (tertiary alicyclic amines) is 2. The van der Waals surface area contributed by atoms with E-state index in [2.05, 4.69) is 25.2 Å². The van der Waals surface area contributed by atoms with Crippen LogP contribution in [0.3, 0.4) is 0 Å². The number of fused-ring (bicyclic) bond motifs is 2. The molecule has 2 aromatic heterocycles. The fourth-order valence-corrected chi connectivity index (χ4v) is 7.23. The van der Waals surface area contributed by atoms with Crippen molar-refractivity contribution in [3.05, 3.63) is 48.5 Å².